The maximum atomic E-state index is 12.4. The van der Waals surface area contributed by atoms with Crippen LogP contribution in [0.3, 0.4) is 0 Å². The van der Waals surface area contributed by atoms with Crippen molar-refractivity contribution in [2.24, 2.45) is 0 Å². The minimum absolute atomic E-state index is 0.0412. The molecule has 0 fully saturated rings. The number of nitrogens with one attached hydrogen (secondary N) is 1. The summed E-state index contributed by atoms with van der Waals surface area (Å²) >= 11 is 0. The molecule has 1 aromatic carbocycles. The molecule has 0 spiro atoms. The summed E-state index contributed by atoms with van der Waals surface area (Å²) in [6.07, 6.45) is 3.32. The summed E-state index contributed by atoms with van der Waals surface area (Å²) in [7, 11) is 0. The second-order valence-electron chi connectivity index (χ2n) is 5.80. The van der Waals surface area contributed by atoms with E-state index in [2.05, 4.69) is 12.0 Å². The van der Waals surface area contributed by atoms with Gasteiger partial charge < -0.3 is 0 Å². The summed E-state index contributed by atoms with van der Waals surface area (Å²) < 4.78 is 1.60. The Morgan fingerprint density at radius 1 is 1.29 bits per heavy atom. The number of aryl methyl sites for hydroxylation is 1. The number of H-pyrrole nitrogens is 1. The molecule has 3 aromatic rings. The second-order valence-corrected chi connectivity index (χ2v) is 5.80. The van der Waals surface area contributed by atoms with E-state index in [0.29, 0.717) is 5.92 Å². The summed E-state index contributed by atoms with van der Waals surface area (Å²) in [5, 5.41) is 3.25. The lowest BCUT2D eigenvalue weighted by Crippen LogP contribution is -2.14. The molecule has 2 aromatic heterocycles. The van der Waals surface area contributed by atoms with Gasteiger partial charge in [-0.3, -0.25) is 9.89 Å². The van der Waals surface area contributed by atoms with Gasteiger partial charge in [-0.15, -0.1) is 0 Å². The van der Waals surface area contributed by atoms with Gasteiger partial charge in [-0.1, -0.05) is 37.3 Å². The Bertz CT molecular complexity index is 861. The van der Waals surface area contributed by atoms with Gasteiger partial charge in [-0.25, -0.2) is 9.50 Å². The maximum Gasteiger partial charge on any atom is 0.273 e. The van der Waals surface area contributed by atoms with E-state index in [4.69, 9.17) is 4.98 Å². The zero-order valence-corrected chi connectivity index (χ0v) is 12.0. The first kappa shape index (κ1) is 12.4. The molecule has 0 saturated carbocycles. The predicted octanol–water partition coefficient (Wildman–Crippen LogP) is 3.13. The van der Waals surface area contributed by atoms with Crippen molar-refractivity contribution in [2.45, 2.75) is 32.1 Å². The third kappa shape index (κ3) is 1.90. The van der Waals surface area contributed by atoms with Gasteiger partial charge in [0.1, 0.15) is 0 Å². The van der Waals surface area contributed by atoms with Crippen LogP contribution in [0, 0.1) is 0 Å². The highest BCUT2D eigenvalue weighted by atomic mass is 16.1. The zero-order chi connectivity index (χ0) is 14.4. The van der Waals surface area contributed by atoms with E-state index in [1.807, 2.05) is 30.3 Å². The molecule has 1 aliphatic rings. The Kier molecular flexibility index (Phi) is 2.70. The summed E-state index contributed by atoms with van der Waals surface area (Å²) in [6.45, 7) is 2.20. The fourth-order valence-corrected chi connectivity index (χ4v) is 3.24. The van der Waals surface area contributed by atoms with Crippen molar-refractivity contribution in [2.75, 3.05) is 0 Å². The minimum atomic E-state index is -0.0412. The van der Waals surface area contributed by atoms with Crippen molar-refractivity contribution in [3.05, 3.63) is 58.0 Å². The molecule has 0 radical (unpaired) electrons. The molecule has 4 heteroatoms. The lowest BCUT2D eigenvalue weighted by Gasteiger charge is -2.16. The van der Waals surface area contributed by atoms with Gasteiger partial charge in [0.15, 0.2) is 5.65 Å². The van der Waals surface area contributed by atoms with Crippen molar-refractivity contribution in [3.8, 4) is 11.3 Å². The van der Waals surface area contributed by atoms with Crippen LogP contribution in [0.5, 0.6) is 0 Å². The molecule has 1 N–H and O–H groups in total. The average molecular weight is 279 g/mol. The van der Waals surface area contributed by atoms with Crippen LogP contribution < -0.4 is 5.56 Å². The van der Waals surface area contributed by atoms with Crippen LogP contribution in [-0.2, 0) is 6.42 Å². The van der Waals surface area contributed by atoms with E-state index in [1.54, 1.807) is 10.6 Å². The number of benzene rings is 1. The van der Waals surface area contributed by atoms with E-state index < -0.39 is 0 Å². The Labute approximate surface area is 122 Å². The number of nitrogens with zero attached hydrogens (tertiary/aromatic N) is 2. The number of fused-ring (bicyclic) bond motifs is 3. The van der Waals surface area contributed by atoms with E-state index in [0.717, 1.165) is 29.7 Å². The van der Waals surface area contributed by atoms with E-state index in [-0.39, 0.29) is 5.56 Å². The van der Waals surface area contributed by atoms with Gasteiger partial charge in [0.05, 0.1) is 5.69 Å². The minimum Gasteiger partial charge on any atom is -0.293 e. The van der Waals surface area contributed by atoms with Crippen molar-refractivity contribution in [1.82, 2.24) is 14.6 Å². The molecule has 0 saturated heterocycles. The summed E-state index contributed by atoms with van der Waals surface area (Å²) in [4.78, 5) is 17.1. The van der Waals surface area contributed by atoms with Crippen LogP contribution in [0.1, 0.15) is 36.9 Å². The molecule has 2 heterocycles. The van der Waals surface area contributed by atoms with Crippen molar-refractivity contribution < 1.29 is 0 Å². The van der Waals surface area contributed by atoms with Gasteiger partial charge in [-0.2, -0.15) is 0 Å². The predicted molar refractivity (Wildman–Crippen MR) is 82.6 cm³/mol. The van der Waals surface area contributed by atoms with Crippen molar-refractivity contribution in [3.63, 3.8) is 0 Å². The molecule has 21 heavy (non-hydrogen) atoms. The number of aromatic amines is 1. The first-order valence-corrected chi connectivity index (χ1v) is 7.44. The first-order valence-electron chi connectivity index (χ1n) is 7.44. The molecule has 0 bridgehead atoms. The summed E-state index contributed by atoms with van der Waals surface area (Å²) in [5.74, 6) is 0.468. The Morgan fingerprint density at radius 3 is 2.90 bits per heavy atom. The molecule has 1 atom stereocenters. The first-order chi connectivity index (χ1) is 10.2. The largest absolute Gasteiger partial charge is 0.293 e. The van der Waals surface area contributed by atoms with Crippen LogP contribution in [0.4, 0.5) is 0 Å². The van der Waals surface area contributed by atoms with Crippen LogP contribution in [-0.4, -0.2) is 14.6 Å². The van der Waals surface area contributed by atoms with Gasteiger partial charge in [-0.05, 0) is 25.2 Å². The molecule has 4 nitrogen and oxygen atoms in total. The average Bonchev–Trinajstić information content (AvgIpc) is 2.89. The number of aromatic nitrogens is 3. The molecule has 1 aliphatic carbocycles. The van der Waals surface area contributed by atoms with Gasteiger partial charge in [0.25, 0.3) is 5.56 Å². The highest BCUT2D eigenvalue weighted by Crippen LogP contribution is 2.32. The van der Waals surface area contributed by atoms with Crippen LogP contribution >= 0.6 is 0 Å². The summed E-state index contributed by atoms with van der Waals surface area (Å²) in [6, 6.07) is 11.5. The van der Waals surface area contributed by atoms with E-state index >= 15 is 0 Å². The quantitative estimate of drug-likeness (QED) is 0.744. The molecular formula is C17H17N3O. The molecule has 0 amide bonds. The fourth-order valence-electron chi connectivity index (χ4n) is 3.24. The van der Waals surface area contributed by atoms with Crippen LogP contribution in [0.2, 0.25) is 0 Å². The fraction of sp³-hybridized carbons (Fsp3) is 0.294. The standard InChI is InChI=1S/C17H17N3O/c1-11-6-5-9-13-16(11)19-20-15(21)10-14(18-17(13)20)12-7-3-2-4-8-12/h2-4,7-8,10-11,19H,5-6,9H2,1H3. The number of hydrogen-bond acceptors (Lipinski definition) is 2. The Morgan fingerprint density at radius 2 is 2.10 bits per heavy atom. The van der Waals surface area contributed by atoms with Gasteiger partial charge >= 0.3 is 0 Å². The number of hydrogen-bond donors (Lipinski definition) is 1. The normalized spacial score (nSPS) is 17.9. The zero-order valence-electron chi connectivity index (χ0n) is 12.0. The Hall–Kier alpha value is -2.36. The third-order valence-corrected chi connectivity index (χ3v) is 4.37. The van der Waals surface area contributed by atoms with Gasteiger partial charge in [0, 0.05) is 22.9 Å². The van der Waals surface area contributed by atoms with Crippen LogP contribution in [0.15, 0.2) is 41.2 Å². The van der Waals surface area contributed by atoms with E-state index in [9.17, 15) is 4.79 Å². The maximum absolute atomic E-state index is 12.4. The lowest BCUT2D eigenvalue weighted by atomic mass is 9.89. The topological polar surface area (TPSA) is 50.2 Å². The summed E-state index contributed by atoms with van der Waals surface area (Å²) in [5.41, 5.74) is 4.87. The second kappa shape index (κ2) is 4.58. The number of rotatable bonds is 1. The molecule has 106 valence electrons. The monoisotopic (exact) mass is 279 g/mol. The smallest absolute Gasteiger partial charge is 0.273 e. The van der Waals surface area contributed by atoms with Crippen molar-refractivity contribution in [1.29, 1.82) is 0 Å². The van der Waals surface area contributed by atoms with Crippen LogP contribution in [0.25, 0.3) is 16.9 Å². The Balaban J connectivity index is 2.00. The van der Waals surface area contributed by atoms with E-state index in [1.165, 1.54) is 17.7 Å². The van der Waals surface area contributed by atoms with Gasteiger partial charge in [0.2, 0.25) is 0 Å². The molecule has 4 rings (SSSR count). The SMILES string of the molecule is CC1CCCc2c1[nH]n1c(=O)cc(-c3ccccc3)nc21. The highest BCUT2D eigenvalue weighted by molar-refractivity contribution is 5.63. The highest BCUT2D eigenvalue weighted by Gasteiger charge is 2.23. The lowest BCUT2D eigenvalue weighted by molar-refractivity contribution is 0.576. The molecule has 0 aliphatic heterocycles. The molecule has 1 unspecified atom stereocenters. The molecular weight excluding hydrogens is 262 g/mol. The third-order valence-electron chi connectivity index (χ3n) is 4.37. The van der Waals surface area contributed by atoms with Crippen molar-refractivity contribution >= 4 is 5.65 Å².